The van der Waals surface area contributed by atoms with E-state index in [0.29, 0.717) is 6.42 Å². The van der Waals surface area contributed by atoms with Gasteiger partial charge in [-0.1, -0.05) is 6.08 Å². The fourth-order valence-electron chi connectivity index (χ4n) is 2.39. The molecule has 0 saturated carbocycles. The highest BCUT2D eigenvalue weighted by Gasteiger charge is 2.25. The second-order valence-corrected chi connectivity index (χ2v) is 4.58. The summed E-state index contributed by atoms with van der Waals surface area (Å²) in [6.45, 7) is 1.33. The van der Waals surface area contributed by atoms with Gasteiger partial charge in [0.15, 0.2) is 5.82 Å². The quantitative estimate of drug-likeness (QED) is 0.480. The summed E-state index contributed by atoms with van der Waals surface area (Å²) in [6.07, 6.45) is 5.82. The van der Waals surface area contributed by atoms with Crippen LogP contribution in [0.25, 0.3) is 11.0 Å². The lowest BCUT2D eigenvalue weighted by molar-refractivity contribution is -0.144. The lowest BCUT2D eigenvalue weighted by atomic mass is 10.2. The maximum atomic E-state index is 13.8. The maximum Gasteiger partial charge on any atom is 0.303 e. The molecule has 1 aliphatic rings. The van der Waals surface area contributed by atoms with Gasteiger partial charge in [0.25, 0.3) is 0 Å². The van der Waals surface area contributed by atoms with Crippen molar-refractivity contribution in [1.29, 1.82) is 0 Å². The molecule has 20 heavy (non-hydrogen) atoms. The number of ether oxygens (including phenoxy) is 1. The van der Waals surface area contributed by atoms with Gasteiger partial charge >= 0.3 is 5.97 Å². The highest BCUT2D eigenvalue weighted by Crippen LogP contribution is 2.29. The third-order valence-electron chi connectivity index (χ3n) is 3.20. The summed E-state index contributed by atoms with van der Waals surface area (Å²) in [7, 11) is 0. The van der Waals surface area contributed by atoms with E-state index in [1.54, 1.807) is 12.2 Å². The third-order valence-corrected chi connectivity index (χ3v) is 3.20. The van der Waals surface area contributed by atoms with Gasteiger partial charge in [0, 0.05) is 13.3 Å². The molecule has 0 saturated heterocycles. The van der Waals surface area contributed by atoms with Crippen LogP contribution < -0.4 is 0 Å². The number of carbonyl (C=O) groups excluding carboxylic acids is 1. The fraction of sp³-hybridized carbons (Fsp3) is 0.308. The van der Waals surface area contributed by atoms with E-state index in [-0.39, 0.29) is 29.1 Å². The number of fused-ring (bicyclic) bond motifs is 1. The largest absolute Gasteiger partial charge is 0.458 e. The number of hydrogen-bond acceptors (Lipinski definition) is 4. The number of nitrogens with zero attached hydrogens (tertiary/aromatic N) is 3. The lowest BCUT2D eigenvalue weighted by Gasteiger charge is -2.14. The number of pyridine rings is 1. The molecule has 7 heteroatoms. The Hall–Kier alpha value is -2.31. The van der Waals surface area contributed by atoms with Crippen LogP contribution in [-0.2, 0) is 9.53 Å². The highest BCUT2D eigenvalue weighted by molar-refractivity contribution is 5.75. The van der Waals surface area contributed by atoms with Crippen molar-refractivity contribution in [2.75, 3.05) is 0 Å². The summed E-state index contributed by atoms with van der Waals surface area (Å²) in [6, 6.07) is -0.236. The predicted molar refractivity (Wildman–Crippen MR) is 65.8 cm³/mol. The van der Waals surface area contributed by atoms with E-state index >= 15 is 0 Å². The molecule has 0 spiro atoms. The van der Waals surface area contributed by atoms with E-state index in [1.807, 2.05) is 0 Å². The highest BCUT2D eigenvalue weighted by atomic mass is 19.1. The molecular formula is C13H11F2N3O2. The molecule has 2 heterocycles. The molecule has 3 rings (SSSR count). The zero-order valence-electron chi connectivity index (χ0n) is 10.6. The SMILES string of the molecule is CC(=O)OC1C=CC(n2cnc3c(F)ncc(F)c32)C1. The van der Waals surface area contributed by atoms with Crippen molar-refractivity contribution >= 4 is 17.0 Å². The van der Waals surface area contributed by atoms with Gasteiger partial charge in [0.05, 0.1) is 18.6 Å². The van der Waals surface area contributed by atoms with Crippen LogP contribution in [-0.4, -0.2) is 26.6 Å². The van der Waals surface area contributed by atoms with Crippen LogP contribution in [0.4, 0.5) is 8.78 Å². The summed E-state index contributed by atoms with van der Waals surface area (Å²) < 4.78 is 33.9. The molecule has 1 aliphatic carbocycles. The lowest BCUT2D eigenvalue weighted by Crippen LogP contribution is -2.14. The molecule has 5 nitrogen and oxygen atoms in total. The standard InChI is InChI=1S/C13H11F2N3O2/c1-7(19)20-9-3-2-8(4-9)18-6-17-11-12(18)10(14)5-16-13(11)15/h2-3,5-6,8-9H,4H2,1H3. The molecule has 2 unspecified atom stereocenters. The Morgan fingerprint density at radius 2 is 2.20 bits per heavy atom. The van der Waals surface area contributed by atoms with Crippen molar-refractivity contribution in [3.05, 3.63) is 36.4 Å². The van der Waals surface area contributed by atoms with Crippen LogP contribution in [0, 0.1) is 11.8 Å². The topological polar surface area (TPSA) is 57.0 Å². The van der Waals surface area contributed by atoms with Gasteiger partial charge < -0.3 is 9.30 Å². The third kappa shape index (κ3) is 2.04. The average molecular weight is 279 g/mol. The molecule has 2 aromatic heterocycles. The zero-order valence-corrected chi connectivity index (χ0v) is 10.6. The summed E-state index contributed by atoms with van der Waals surface area (Å²) in [5, 5.41) is 0. The minimum absolute atomic E-state index is 0.0654. The Kier molecular flexibility index (Phi) is 2.96. The molecule has 0 aromatic carbocycles. The Morgan fingerprint density at radius 3 is 2.95 bits per heavy atom. The van der Waals surface area contributed by atoms with Crippen LogP contribution >= 0.6 is 0 Å². The van der Waals surface area contributed by atoms with Crippen molar-refractivity contribution in [1.82, 2.24) is 14.5 Å². The first-order valence-corrected chi connectivity index (χ1v) is 6.08. The van der Waals surface area contributed by atoms with Crippen LogP contribution in [0.1, 0.15) is 19.4 Å². The average Bonchev–Trinajstić information content (AvgIpc) is 2.99. The van der Waals surface area contributed by atoms with Gasteiger partial charge in [0.1, 0.15) is 17.1 Å². The summed E-state index contributed by atoms with van der Waals surface area (Å²) >= 11 is 0. The molecule has 0 N–H and O–H groups in total. The Labute approximate surface area is 112 Å². The van der Waals surface area contributed by atoms with Crippen molar-refractivity contribution in [3.8, 4) is 0 Å². The van der Waals surface area contributed by atoms with Crippen LogP contribution in [0.3, 0.4) is 0 Å². The first-order valence-electron chi connectivity index (χ1n) is 6.08. The molecule has 2 aromatic rings. The minimum Gasteiger partial charge on any atom is -0.458 e. The first kappa shape index (κ1) is 12.7. The molecule has 0 aliphatic heterocycles. The number of hydrogen-bond donors (Lipinski definition) is 0. The second-order valence-electron chi connectivity index (χ2n) is 4.58. The second kappa shape index (κ2) is 4.66. The van der Waals surface area contributed by atoms with E-state index in [4.69, 9.17) is 4.74 Å². The number of imidazole rings is 1. The number of esters is 1. The van der Waals surface area contributed by atoms with Gasteiger partial charge in [-0.05, 0) is 6.08 Å². The van der Waals surface area contributed by atoms with Gasteiger partial charge in [-0.2, -0.15) is 4.39 Å². The van der Waals surface area contributed by atoms with Gasteiger partial charge in [-0.25, -0.2) is 14.4 Å². The van der Waals surface area contributed by atoms with Gasteiger partial charge in [-0.3, -0.25) is 4.79 Å². The van der Waals surface area contributed by atoms with E-state index in [0.717, 1.165) is 6.20 Å². The number of rotatable bonds is 2. The van der Waals surface area contributed by atoms with E-state index in [1.165, 1.54) is 17.8 Å². The van der Waals surface area contributed by atoms with Gasteiger partial charge in [0.2, 0.25) is 5.95 Å². The molecule has 2 atom stereocenters. The van der Waals surface area contributed by atoms with Gasteiger partial charge in [-0.15, -0.1) is 0 Å². The zero-order chi connectivity index (χ0) is 14.3. The number of halogens is 2. The Bertz CT molecular complexity index is 711. The van der Waals surface area contributed by atoms with Crippen LogP contribution in [0.2, 0.25) is 0 Å². The summed E-state index contributed by atoms with van der Waals surface area (Å²) in [4.78, 5) is 18.1. The maximum absolute atomic E-state index is 13.8. The molecule has 0 radical (unpaired) electrons. The van der Waals surface area contributed by atoms with E-state index in [9.17, 15) is 13.6 Å². The van der Waals surface area contributed by atoms with Crippen molar-refractivity contribution in [3.63, 3.8) is 0 Å². The fourth-order valence-corrected chi connectivity index (χ4v) is 2.39. The Balaban J connectivity index is 1.95. The normalized spacial score (nSPS) is 21.6. The molecule has 0 bridgehead atoms. The first-order chi connectivity index (χ1) is 9.56. The molecule has 0 fully saturated rings. The van der Waals surface area contributed by atoms with E-state index in [2.05, 4.69) is 9.97 Å². The minimum atomic E-state index is -0.807. The van der Waals surface area contributed by atoms with Crippen LogP contribution in [0.15, 0.2) is 24.7 Å². The van der Waals surface area contributed by atoms with E-state index < -0.39 is 11.8 Å². The number of carbonyl (C=O) groups is 1. The summed E-state index contributed by atoms with van der Waals surface area (Å²) in [5.41, 5.74) is -0.0371. The molecule has 0 amide bonds. The predicted octanol–water partition coefficient (Wildman–Crippen LogP) is 2.14. The van der Waals surface area contributed by atoms with Crippen molar-refractivity contribution in [2.45, 2.75) is 25.5 Å². The van der Waals surface area contributed by atoms with Crippen LogP contribution in [0.5, 0.6) is 0 Å². The summed E-state index contributed by atoms with van der Waals surface area (Å²) in [5.74, 6) is -1.82. The smallest absolute Gasteiger partial charge is 0.303 e. The Morgan fingerprint density at radius 1 is 1.40 bits per heavy atom. The molecular weight excluding hydrogens is 268 g/mol. The monoisotopic (exact) mass is 279 g/mol. The number of aromatic nitrogens is 3. The van der Waals surface area contributed by atoms with Crippen molar-refractivity contribution in [2.24, 2.45) is 0 Å². The number of allylic oxidation sites excluding steroid dienone is 1. The molecule has 104 valence electrons. The van der Waals surface area contributed by atoms with Crippen molar-refractivity contribution < 1.29 is 18.3 Å².